The van der Waals surface area contributed by atoms with E-state index < -0.39 is 0 Å². The van der Waals surface area contributed by atoms with Gasteiger partial charge in [-0.3, -0.25) is 4.79 Å². The van der Waals surface area contributed by atoms with Gasteiger partial charge < -0.3 is 11.1 Å². The predicted octanol–water partition coefficient (Wildman–Crippen LogP) is 4.00. The molecule has 0 aliphatic heterocycles. The van der Waals surface area contributed by atoms with Gasteiger partial charge in [-0.25, -0.2) is 0 Å². The smallest absolute Gasteiger partial charge is 0.226 e. The fourth-order valence-electron chi connectivity index (χ4n) is 2.92. The number of carbonyl (C=O) groups excluding carboxylic acids is 1. The Morgan fingerprint density at radius 1 is 1.35 bits per heavy atom. The number of aryl methyl sites for hydroxylation is 1. The minimum absolute atomic E-state index is 0.0337. The highest BCUT2D eigenvalue weighted by Gasteiger charge is 2.30. The van der Waals surface area contributed by atoms with Gasteiger partial charge in [0.2, 0.25) is 5.91 Å². The van der Waals surface area contributed by atoms with Crippen LogP contribution in [0.1, 0.15) is 51.0 Å². The van der Waals surface area contributed by atoms with Crippen molar-refractivity contribution in [2.24, 2.45) is 5.73 Å². The van der Waals surface area contributed by atoms with E-state index in [9.17, 15) is 4.79 Å². The zero-order chi connectivity index (χ0) is 14.6. The van der Waals surface area contributed by atoms with E-state index in [0.717, 1.165) is 47.8 Å². The van der Waals surface area contributed by atoms with Crippen molar-refractivity contribution < 1.29 is 4.79 Å². The van der Waals surface area contributed by atoms with Crippen molar-refractivity contribution >= 4 is 27.5 Å². The maximum atomic E-state index is 12.2. The van der Waals surface area contributed by atoms with Crippen molar-refractivity contribution in [3.05, 3.63) is 28.2 Å². The maximum absolute atomic E-state index is 12.2. The molecule has 1 aliphatic rings. The summed E-state index contributed by atoms with van der Waals surface area (Å²) in [6.45, 7) is 2.09. The van der Waals surface area contributed by atoms with E-state index in [1.807, 2.05) is 12.1 Å². The fraction of sp³-hybridized carbons (Fsp3) is 0.562. The first-order valence-corrected chi connectivity index (χ1v) is 8.19. The van der Waals surface area contributed by atoms with E-state index in [1.165, 1.54) is 6.42 Å². The minimum Gasteiger partial charge on any atom is -0.326 e. The van der Waals surface area contributed by atoms with Crippen molar-refractivity contribution in [3.8, 4) is 0 Å². The summed E-state index contributed by atoms with van der Waals surface area (Å²) >= 11 is 3.46. The number of halogens is 1. The van der Waals surface area contributed by atoms with Gasteiger partial charge in [-0.2, -0.15) is 0 Å². The second-order valence-electron chi connectivity index (χ2n) is 5.80. The third kappa shape index (κ3) is 4.06. The van der Waals surface area contributed by atoms with Crippen LogP contribution in [0.5, 0.6) is 0 Å². The van der Waals surface area contributed by atoms with Gasteiger partial charge in [0.05, 0.1) is 0 Å². The van der Waals surface area contributed by atoms with Crippen molar-refractivity contribution in [2.75, 3.05) is 5.32 Å². The lowest BCUT2D eigenvalue weighted by Crippen LogP contribution is -2.44. The van der Waals surface area contributed by atoms with Crippen LogP contribution in [-0.4, -0.2) is 11.4 Å². The molecule has 0 saturated heterocycles. The van der Waals surface area contributed by atoms with E-state index in [2.05, 4.69) is 34.2 Å². The molecule has 0 bridgehead atoms. The molecule has 0 atom stereocenters. The molecule has 0 radical (unpaired) electrons. The van der Waals surface area contributed by atoms with Gasteiger partial charge in [0.25, 0.3) is 0 Å². The standard InChI is InChI=1S/C16H23BrN2O/c1-2-12-10-13(17)6-7-14(12)19-15(20)11-16(18)8-4-3-5-9-16/h6-7,10H,2-5,8-9,11,18H2,1H3,(H,19,20). The van der Waals surface area contributed by atoms with Gasteiger partial charge in [-0.1, -0.05) is 42.1 Å². The highest BCUT2D eigenvalue weighted by Crippen LogP contribution is 2.29. The summed E-state index contributed by atoms with van der Waals surface area (Å²) < 4.78 is 1.04. The average Bonchev–Trinajstić information content (AvgIpc) is 2.41. The molecule has 3 nitrogen and oxygen atoms in total. The molecular weight excluding hydrogens is 316 g/mol. The summed E-state index contributed by atoms with van der Waals surface area (Å²) in [7, 11) is 0. The number of carbonyl (C=O) groups is 1. The molecule has 2 rings (SSSR count). The molecule has 20 heavy (non-hydrogen) atoms. The fourth-order valence-corrected chi connectivity index (χ4v) is 3.33. The van der Waals surface area contributed by atoms with Crippen LogP contribution >= 0.6 is 15.9 Å². The summed E-state index contributed by atoms with van der Waals surface area (Å²) in [5, 5.41) is 3.02. The van der Waals surface area contributed by atoms with Crippen LogP contribution in [0.3, 0.4) is 0 Å². The number of hydrogen-bond donors (Lipinski definition) is 2. The van der Waals surface area contributed by atoms with Crippen molar-refractivity contribution in [3.63, 3.8) is 0 Å². The highest BCUT2D eigenvalue weighted by molar-refractivity contribution is 9.10. The maximum Gasteiger partial charge on any atom is 0.226 e. The summed E-state index contributed by atoms with van der Waals surface area (Å²) in [5.41, 5.74) is 8.08. The summed E-state index contributed by atoms with van der Waals surface area (Å²) in [5.74, 6) is 0.0337. The zero-order valence-electron chi connectivity index (χ0n) is 12.0. The lowest BCUT2D eigenvalue weighted by Gasteiger charge is -2.32. The SMILES string of the molecule is CCc1cc(Br)ccc1NC(=O)CC1(N)CCCCC1. The van der Waals surface area contributed by atoms with Crippen LogP contribution in [0.25, 0.3) is 0 Å². The third-order valence-corrected chi connectivity index (χ3v) is 4.58. The van der Waals surface area contributed by atoms with Gasteiger partial charge in [0.1, 0.15) is 0 Å². The van der Waals surface area contributed by atoms with Crippen LogP contribution in [-0.2, 0) is 11.2 Å². The van der Waals surface area contributed by atoms with Gasteiger partial charge in [-0.15, -0.1) is 0 Å². The Balaban J connectivity index is 2.01. The lowest BCUT2D eigenvalue weighted by atomic mass is 9.80. The Kier molecular flexibility index (Phi) is 5.22. The predicted molar refractivity (Wildman–Crippen MR) is 86.8 cm³/mol. The Morgan fingerprint density at radius 3 is 2.70 bits per heavy atom. The van der Waals surface area contributed by atoms with Crippen LogP contribution in [0.2, 0.25) is 0 Å². The average molecular weight is 339 g/mol. The number of nitrogens with one attached hydrogen (secondary N) is 1. The largest absolute Gasteiger partial charge is 0.326 e. The van der Waals surface area contributed by atoms with Crippen molar-refractivity contribution in [1.29, 1.82) is 0 Å². The molecular formula is C16H23BrN2O. The monoisotopic (exact) mass is 338 g/mol. The lowest BCUT2D eigenvalue weighted by molar-refractivity contribution is -0.117. The molecule has 1 aliphatic carbocycles. The number of rotatable bonds is 4. The summed E-state index contributed by atoms with van der Waals surface area (Å²) in [6, 6.07) is 5.95. The molecule has 1 aromatic carbocycles. The van der Waals surface area contributed by atoms with Crippen molar-refractivity contribution in [1.82, 2.24) is 0 Å². The first-order valence-electron chi connectivity index (χ1n) is 7.39. The Hall–Kier alpha value is -0.870. The molecule has 3 N–H and O–H groups in total. The highest BCUT2D eigenvalue weighted by atomic mass is 79.9. The number of nitrogens with two attached hydrogens (primary N) is 1. The molecule has 1 amide bonds. The molecule has 0 aromatic heterocycles. The summed E-state index contributed by atoms with van der Waals surface area (Å²) in [6.07, 6.45) is 6.76. The van der Waals surface area contributed by atoms with Crippen LogP contribution < -0.4 is 11.1 Å². The minimum atomic E-state index is -0.302. The molecule has 1 aromatic rings. The second-order valence-corrected chi connectivity index (χ2v) is 6.72. The van der Waals surface area contributed by atoms with E-state index in [1.54, 1.807) is 0 Å². The van der Waals surface area contributed by atoms with E-state index in [-0.39, 0.29) is 11.4 Å². The van der Waals surface area contributed by atoms with Crippen LogP contribution in [0.4, 0.5) is 5.69 Å². The van der Waals surface area contributed by atoms with E-state index in [4.69, 9.17) is 5.73 Å². The van der Waals surface area contributed by atoms with Gasteiger partial charge in [0.15, 0.2) is 0 Å². The first kappa shape index (κ1) is 15.5. The Labute approximate surface area is 129 Å². The van der Waals surface area contributed by atoms with Gasteiger partial charge in [0, 0.05) is 22.1 Å². The van der Waals surface area contributed by atoms with E-state index in [0.29, 0.717) is 6.42 Å². The molecule has 4 heteroatoms. The molecule has 0 unspecified atom stereocenters. The van der Waals surface area contributed by atoms with Crippen molar-refractivity contribution in [2.45, 2.75) is 57.4 Å². The molecule has 0 heterocycles. The zero-order valence-corrected chi connectivity index (χ0v) is 13.6. The van der Waals surface area contributed by atoms with Crippen LogP contribution in [0, 0.1) is 0 Å². The normalized spacial score (nSPS) is 17.8. The van der Waals surface area contributed by atoms with E-state index >= 15 is 0 Å². The number of hydrogen-bond acceptors (Lipinski definition) is 2. The summed E-state index contributed by atoms with van der Waals surface area (Å²) in [4.78, 5) is 12.2. The Morgan fingerprint density at radius 2 is 2.05 bits per heavy atom. The Bertz CT molecular complexity index is 481. The second kappa shape index (κ2) is 6.72. The quantitative estimate of drug-likeness (QED) is 0.871. The topological polar surface area (TPSA) is 55.1 Å². The molecule has 1 saturated carbocycles. The number of amides is 1. The third-order valence-electron chi connectivity index (χ3n) is 4.08. The van der Waals surface area contributed by atoms with Gasteiger partial charge >= 0.3 is 0 Å². The number of benzene rings is 1. The molecule has 1 fully saturated rings. The van der Waals surface area contributed by atoms with Gasteiger partial charge in [-0.05, 0) is 43.0 Å². The number of anilines is 1. The first-order chi connectivity index (χ1) is 9.52. The molecule has 0 spiro atoms. The van der Waals surface area contributed by atoms with Crippen LogP contribution in [0.15, 0.2) is 22.7 Å². The molecule has 110 valence electrons.